The third-order valence-corrected chi connectivity index (χ3v) is 4.09. The number of carbonyl (C=O) groups excluding carboxylic acids is 1. The molecular weight excluding hydrogens is 292 g/mol. The first kappa shape index (κ1) is 15.5. The highest BCUT2D eigenvalue weighted by molar-refractivity contribution is 5.95. The summed E-state index contributed by atoms with van der Waals surface area (Å²) in [5, 5.41) is 10.1. The van der Waals surface area contributed by atoms with Crippen LogP contribution < -0.4 is 10.6 Å². The van der Waals surface area contributed by atoms with Crippen molar-refractivity contribution in [1.82, 2.24) is 15.5 Å². The predicted octanol–water partition coefficient (Wildman–Crippen LogP) is 3.57. The summed E-state index contributed by atoms with van der Waals surface area (Å²) < 4.78 is 5.01. The van der Waals surface area contributed by atoms with Crippen molar-refractivity contribution in [3.63, 3.8) is 0 Å². The fourth-order valence-corrected chi connectivity index (χ4v) is 2.90. The molecule has 2 aromatic heterocycles. The van der Waals surface area contributed by atoms with Crippen LogP contribution in [-0.4, -0.2) is 22.1 Å². The molecular formula is C17H22N4O2. The van der Waals surface area contributed by atoms with Gasteiger partial charge in [-0.2, -0.15) is 0 Å². The first-order chi connectivity index (χ1) is 11.2. The zero-order valence-corrected chi connectivity index (χ0v) is 13.3. The highest BCUT2D eigenvalue weighted by Crippen LogP contribution is 2.19. The Morgan fingerprint density at radius 3 is 2.65 bits per heavy atom. The number of nitrogens with one attached hydrogen (secondary N) is 2. The van der Waals surface area contributed by atoms with E-state index in [2.05, 4.69) is 20.8 Å². The SMILES string of the molecule is Cc1cc(Nc2cncc(C(=O)NC3CCCCCC3)c2)no1. The average molecular weight is 314 g/mol. The van der Waals surface area contributed by atoms with Gasteiger partial charge in [-0.25, -0.2) is 0 Å². The number of rotatable bonds is 4. The molecule has 0 aromatic carbocycles. The van der Waals surface area contributed by atoms with Gasteiger partial charge in [0.2, 0.25) is 0 Å². The summed E-state index contributed by atoms with van der Waals surface area (Å²) in [5.41, 5.74) is 1.27. The number of aromatic nitrogens is 2. The standard InChI is InChI=1S/C17H22N4O2/c1-12-8-16(21-23-12)19-15-9-13(10-18-11-15)17(22)20-14-6-4-2-3-5-7-14/h8-11,14H,2-7H2,1H3,(H,19,21)(H,20,22). The molecule has 6 heteroatoms. The first-order valence-corrected chi connectivity index (χ1v) is 8.17. The lowest BCUT2D eigenvalue weighted by Gasteiger charge is -2.16. The molecule has 1 fully saturated rings. The van der Waals surface area contributed by atoms with Crippen molar-refractivity contribution in [1.29, 1.82) is 0 Å². The summed E-state index contributed by atoms with van der Waals surface area (Å²) in [6.45, 7) is 1.83. The van der Waals surface area contributed by atoms with E-state index in [9.17, 15) is 4.79 Å². The van der Waals surface area contributed by atoms with Crippen molar-refractivity contribution in [2.45, 2.75) is 51.5 Å². The van der Waals surface area contributed by atoms with Crippen LogP contribution in [-0.2, 0) is 0 Å². The number of hydrogen-bond donors (Lipinski definition) is 2. The lowest BCUT2D eigenvalue weighted by molar-refractivity contribution is 0.0933. The topological polar surface area (TPSA) is 80.0 Å². The van der Waals surface area contributed by atoms with Crippen molar-refractivity contribution in [2.75, 3.05) is 5.32 Å². The lowest BCUT2D eigenvalue weighted by atomic mass is 10.1. The molecule has 6 nitrogen and oxygen atoms in total. The highest BCUT2D eigenvalue weighted by atomic mass is 16.5. The molecule has 3 rings (SSSR count). The van der Waals surface area contributed by atoms with Gasteiger partial charge in [-0.15, -0.1) is 0 Å². The maximum absolute atomic E-state index is 12.4. The number of carbonyl (C=O) groups is 1. The van der Waals surface area contributed by atoms with Crippen molar-refractivity contribution >= 4 is 17.4 Å². The first-order valence-electron chi connectivity index (χ1n) is 8.17. The van der Waals surface area contributed by atoms with Gasteiger partial charge < -0.3 is 15.2 Å². The molecule has 0 radical (unpaired) electrons. The Kier molecular flexibility index (Phi) is 4.90. The summed E-state index contributed by atoms with van der Waals surface area (Å²) in [5.74, 6) is 1.26. The maximum Gasteiger partial charge on any atom is 0.253 e. The second kappa shape index (κ2) is 7.26. The third-order valence-electron chi connectivity index (χ3n) is 4.09. The van der Waals surface area contributed by atoms with Gasteiger partial charge in [0.05, 0.1) is 17.4 Å². The Morgan fingerprint density at radius 2 is 1.96 bits per heavy atom. The molecule has 0 unspecified atom stereocenters. The van der Waals surface area contributed by atoms with Crippen LogP contribution >= 0.6 is 0 Å². The number of nitrogens with zero attached hydrogens (tertiary/aromatic N) is 2. The van der Waals surface area contributed by atoms with E-state index in [-0.39, 0.29) is 11.9 Å². The number of aryl methyl sites for hydroxylation is 1. The summed E-state index contributed by atoms with van der Waals surface area (Å²) in [6.07, 6.45) is 10.3. The van der Waals surface area contributed by atoms with E-state index in [1.54, 1.807) is 24.5 Å². The molecule has 2 heterocycles. The van der Waals surface area contributed by atoms with Gasteiger partial charge in [-0.1, -0.05) is 30.8 Å². The summed E-state index contributed by atoms with van der Waals surface area (Å²) >= 11 is 0. The Labute approximate surface area is 135 Å². The molecule has 1 aliphatic rings. The van der Waals surface area contributed by atoms with Crippen LogP contribution in [0.1, 0.15) is 54.6 Å². The van der Waals surface area contributed by atoms with Crippen LogP contribution in [0.5, 0.6) is 0 Å². The highest BCUT2D eigenvalue weighted by Gasteiger charge is 2.16. The normalized spacial score (nSPS) is 15.9. The number of anilines is 2. The van der Waals surface area contributed by atoms with Crippen LogP contribution in [0.25, 0.3) is 0 Å². The minimum absolute atomic E-state index is 0.0654. The van der Waals surface area contributed by atoms with Crippen LogP contribution in [0.2, 0.25) is 0 Å². The van der Waals surface area contributed by atoms with Crippen LogP contribution in [0.15, 0.2) is 29.0 Å². The van der Waals surface area contributed by atoms with Gasteiger partial charge >= 0.3 is 0 Å². The Balaban J connectivity index is 1.65. The zero-order valence-electron chi connectivity index (χ0n) is 13.3. The third kappa shape index (κ3) is 4.31. The van der Waals surface area contributed by atoms with E-state index in [0.717, 1.165) is 18.6 Å². The van der Waals surface area contributed by atoms with E-state index in [4.69, 9.17) is 4.52 Å². The van der Waals surface area contributed by atoms with E-state index in [0.29, 0.717) is 17.1 Å². The Hall–Kier alpha value is -2.37. The van der Waals surface area contributed by atoms with Crippen molar-refractivity contribution in [3.8, 4) is 0 Å². The second-order valence-corrected chi connectivity index (χ2v) is 6.07. The number of pyridine rings is 1. The molecule has 0 saturated heterocycles. The fourth-order valence-electron chi connectivity index (χ4n) is 2.90. The second-order valence-electron chi connectivity index (χ2n) is 6.07. The van der Waals surface area contributed by atoms with Gasteiger partial charge in [0.25, 0.3) is 5.91 Å². The molecule has 0 bridgehead atoms. The molecule has 122 valence electrons. The quantitative estimate of drug-likeness (QED) is 0.843. The minimum atomic E-state index is -0.0654. The molecule has 1 amide bonds. The number of hydrogen-bond acceptors (Lipinski definition) is 5. The molecule has 2 N–H and O–H groups in total. The van der Waals surface area contributed by atoms with Crippen LogP contribution in [0, 0.1) is 6.92 Å². The molecule has 0 atom stereocenters. The molecule has 1 saturated carbocycles. The van der Waals surface area contributed by atoms with Crippen LogP contribution in [0.3, 0.4) is 0 Å². The maximum atomic E-state index is 12.4. The zero-order chi connectivity index (χ0) is 16.1. The average Bonchev–Trinajstić information content (AvgIpc) is 2.80. The smallest absolute Gasteiger partial charge is 0.253 e. The van der Waals surface area contributed by atoms with E-state index in [1.165, 1.54) is 25.7 Å². The van der Waals surface area contributed by atoms with Crippen molar-refractivity contribution in [2.24, 2.45) is 0 Å². The number of amides is 1. The molecule has 1 aliphatic carbocycles. The van der Waals surface area contributed by atoms with Gasteiger partial charge in [0.1, 0.15) is 5.76 Å². The molecule has 0 aliphatic heterocycles. The van der Waals surface area contributed by atoms with Crippen molar-refractivity contribution in [3.05, 3.63) is 35.9 Å². The van der Waals surface area contributed by atoms with Crippen LogP contribution in [0.4, 0.5) is 11.5 Å². The summed E-state index contributed by atoms with van der Waals surface area (Å²) in [4.78, 5) is 16.6. The van der Waals surface area contributed by atoms with Gasteiger partial charge in [0.15, 0.2) is 5.82 Å². The largest absolute Gasteiger partial charge is 0.360 e. The summed E-state index contributed by atoms with van der Waals surface area (Å²) in [7, 11) is 0. The van der Waals surface area contributed by atoms with E-state index in [1.807, 2.05) is 6.92 Å². The fraction of sp³-hybridized carbons (Fsp3) is 0.471. The van der Waals surface area contributed by atoms with Gasteiger partial charge in [-0.05, 0) is 25.8 Å². The molecule has 0 spiro atoms. The Bertz CT molecular complexity index is 660. The van der Waals surface area contributed by atoms with Gasteiger partial charge in [0, 0.05) is 18.3 Å². The van der Waals surface area contributed by atoms with E-state index >= 15 is 0 Å². The monoisotopic (exact) mass is 314 g/mol. The van der Waals surface area contributed by atoms with E-state index < -0.39 is 0 Å². The van der Waals surface area contributed by atoms with Crippen molar-refractivity contribution < 1.29 is 9.32 Å². The molecule has 23 heavy (non-hydrogen) atoms. The summed E-state index contributed by atoms with van der Waals surface area (Å²) in [6, 6.07) is 3.85. The molecule has 2 aromatic rings. The lowest BCUT2D eigenvalue weighted by Crippen LogP contribution is -2.34. The predicted molar refractivity (Wildman–Crippen MR) is 87.7 cm³/mol. The minimum Gasteiger partial charge on any atom is -0.360 e. The van der Waals surface area contributed by atoms with Gasteiger partial charge in [-0.3, -0.25) is 9.78 Å². The Morgan fingerprint density at radius 1 is 1.17 bits per heavy atom.